The Morgan fingerprint density at radius 2 is 2.03 bits per heavy atom. The van der Waals surface area contributed by atoms with Crippen LogP contribution < -0.4 is 27.0 Å². The molecule has 10 heteroatoms. The fourth-order valence-electron chi connectivity index (χ4n) is 3.42. The van der Waals surface area contributed by atoms with Crippen LogP contribution in [0, 0.1) is 5.92 Å². The number of nitrogens with zero attached hydrogens (tertiary/aromatic N) is 2. The second kappa shape index (κ2) is 9.40. The molecule has 1 aliphatic rings. The molecule has 0 unspecified atom stereocenters. The smallest absolute Gasteiger partial charge is 0.408 e. The van der Waals surface area contributed by atoms with Crippen molar-refractivity contribution in [3.05, 3.63) is 46.6 Å². The van der Waals surface area contributed by atoms with Gasteiger partial charge in [-0.3, -0.25) is 9.78 Å². The number of anilines is 2. The van der Waals surface area contributed by atoms with Gasteiger partial charge in [-0.15, -0.1) is 0 Å². The zero-order valence-electron chi connectivity index (χ0n) is 16.5. The molecule has 0 saturated carbocycles. The molecule has 0 radical (unpaired) electrons. The van der Waals surface area contributed by atoms with Gasteiger partial charge in [0.15, 0.2) is 5.58 Å². The Bertz CT molecular complexity index is 1060. The third-order valence-corrected chi connectivity index (χ3v) is 5.06. The van der Waals surface area contributed by atoms with Crippen molar-refractivity contribution in [1.82, 2.24) is 25.6 Å². The van der Waals surface area contributed by atoms with Gasteiger partial charge in [-0.2, -0.15) is 4.98 Å². The topological polar surface area (TPSA) is 137 Å². The number of fused-ring (bicyclic) bond motifs is 1. The van der Waals surface area contributed by atoms with Gasteiger partial charge in [0.1, 0.15) is 5.82 Å². The minimum atomic E-state index is -0.541. The van der Waals surface area contributed by atoms with Crippen molar-refractivity contribution in [2.75, 3.05) is 43.4 Å². The lowest BCUT2D eigenvalue weighted by Crippen LogP contribution is -2.31. The van der Waals surface area contributed by atoms with Crippen LogP contribution in [0.15, 0.2) is 39.7 Å². The van der Waals surface area contributed by atoms with E-state index in [9.17, 15) is 9.59 Å². The van der Waals surface area contributed by atoms with E-state index in [-0.39, 0.29) is 5.91 Å². The van der Waals surface area contributed by atoms with Crippen molar-refractivity contribution in [3.63, 3.8) is 0 Å². The van der Waals surface area contributed by atoms with E-state index in [2.05, 4.69) is 36.2 Å². The van der Waals surface area contributed by atoms with E-state index in [0.717, 1.165) is 32.5 Å². The first-order valence-corrected chi connectivity index (χ1v) is 10.1. The molecule has 158 valence electrons. The summed E-state index contributed by atoms with van der Waals surface area (Å²) in [4.78, 5) is 34.8. The van der Waals surface area contributed by atoms with E-state index in [1.165, 1.54) is 0 Å². The number of benzene rings is 1. The summed E-state index contributed by atoms with van der Waals surface area (Å²) in [6.45, 7) is 3.92. The predicted molar refractivity (Wildman–Crippen MR) is 114 cm³/mol. The summed E-state index contributed by atoms with van der Waals surface area (Å²) >= 11 is 0. The molecule has 1 fully saturated rings. The number of carbonyl (C=O) groups is 1. The van der Waals surface area contributed by atoms with Crippen molar-refractivity contribution < 1.29 is 9.21 Å². The number of nitrogens with one attached hydrogen (secondary N) is 5. The monoisotopic (exact) mass is 411 g/mol. The lowest BCUT2D eigenvalue weighted by atomic mass is 9.98. The molecule has 3 heterocycles. The van der Waals surface area contributed by atoms with Crippen molar-refractivity contribution in [3.8, 4) is 0 Å². The van der Waals surface area contributed by atoms with Crippen LogP contribution >= 0.6 is 0 Å². The van der Waals surface area contributed by atoms with Crippen LogP contribution in [0.2, 0.25) is 0 Å². The highest BCUT2D eigenvalue weighted by Crippen LogP contribution is 2.13. The van der Waals surface area contributed by atoms with Crippen LogP contribution in [0.5, 0.6) is 0 Å². The number of H-pyrrole nitrogens is 1. The number of hydrogen-bond donors (Lipinski definition) is 5. The van der Waals surface area contributed by atoms with Gasteiger partial charge < -0.3 is 25.7 Å². The summed E-state index contributed by atoms with van der Waals surface area (Å²) < 4.78 is 4.99. The van der Waals surface area contributed by atoms with E-state index in [1.807, 2.05) is 0 Å². The molecule has 4 rings (SSSR count). The Hall–Kier alpha value is -3.40. The highest BCUT2D eigenvalue weighted by atomic mass is 16.4. The standard InChI is InChI=1S/C20H25N7O3/c28-18(14-1-2-15-16(11-14)30-20(29)26-15)23-10-9-22-17-5-8-24-19(27-17)25-12-13-3-6-21-7-4-13/h1-2,5,8,11,13,21H,3-4,6-7,9-10,12H2,(H,23,28)(H,26,29)(H2,22,24,25,27). The Labute approximate surface area is 172 Å². The number of hydrogen-bond acceptors (Lipinski definition) is 8. The number of amides is 1. The summed E-state index contributed by atoms with van der Waals surface area (Å²) in [5.74, 6) is 1.16. The van der Waals surface area contributed by atoms with E-state index in [0.29, 0.717) is 47.4 Å². The highest BCUT2D eigenvalue weighted by molar-refractivity contribution is 5.96. The Morgan fingerprint density at radius 1 is 1.17 bits per heavy atom. The quantitative estimate of drug-likeness (QED) is 0.348. The molecule has 1 aliphatic heterocycles. The van der Waals surface area contributed by atoms with E-state index < -0.39 is 5.76 Å². The largest absolute Gasteiger partial charge is 0.417 e. The Balaban J connectivity index is 1.22. The molecular weight excluding hydrogens is 386 g/mol. The molecule has 0 spiro atoms. The first-order valence-electron chi connectivity index (χ1n) is 10.1. The van der Waals surface area contributed by atoms with Crippen LogP contribution in [0.25, 0.3) is 11.1 Å². The van der Waals surface area contributed by atoms with Gasteiger partial charge in [-0.05, 0) is 56.1 Å². The first kappa shape index (κ1) is 19.9. The SMILES string of the molecule is O=C(NCCNc1ccnc(NCC2CCNCC2)n1)c1ccc2[nH]c(=O)oc2c1. The fraction of sp³-hybridized carbons (Fsp3) is 0.400. The van der Waals surface area contributed by atoms with Gasteiger partial charge >= 0.3 is 5.76 Å². The van der Waals surface area contributed by atoms with Crippen LogP contribution in [0.1, 0.15) is 23.2 Å². The lowest BCUT2D eigenvalue weighted by molar-refractivity contribution is 0.0955. The van der Waals surface area contributed by atoms with Gasteiger partial charge in [0.2, 0.25) is 5.95 Å². The van der Waals surface area contributed by atoms with Crippen molar-refractivity contribution in [1.29, 1.82) is 0 Å². The molecule has 5 N–H and O–H groups in total. The predicted octanol–water partition coefficient (Wildman–Crippen LogP) is 1.16. The van der Waals surface area contributed by atoms with Crippen LogP contribution in [0.3, 0.4) is 0 Å². The second-order valence-corrected chi connectivity index (χ2v) is 7.25. The maximum absolute atomic E-state index is 12.3. The molecule has 1 saturated heterocycles. The first-order chi connectivity index (χ1) is 14.7. The molecule has 3 aromatic rings. The van der Waals surface area contributed by atoms with Crippen molar-refractivity contribution >= 4 is 28.8 Å². The molecular formula is C20H25N7O3. The molecule has 10 nitrogen and oxygen atoms in total. The molecule has 0 bridgehead atoms. The number of aromatic nitrogens is 3. The molecule has 0 atom stereocenters. The molecule has 1 amide bonds. The molecule has 0 aliphatic carbocycles. The minimum absolute atomic E-state index is 0.241. The molecule has 2 aromatic heterocycles. The van der Waals surface area contributed by atoms with Crippen molar-refractivity contribution in [2.45, 2.75) is 12.8 Å². The van der Waals surface area contributed by atoms with Gasteiger partial charge in [0, 0.05) is 31.4 Å². The maximum Gasteiger partial charge on any atom is 0.417 e. The normalized spacial score (nSPS) is 14.5. The Kier molecular flexibility index (Phi) is 6.23. The van der Waals surface area contributed by atoms with E-state index in [1.54, 1.807) is 30.5 Å². The number of piperidine rings is 1. The number of oxazole rings is 1. The average molecular weight is 411 g/mol. The fourth-order valence-corrected chi connectivity index (χ4v) is 3.42. The minimum Gasteiger partial charge on any atom is -0.408 e. The van der Waals surface area contributed by atoms with Gasteiger partial charge in [-0.25, -0.2) is 9.78 Å². The van der Waals surface area contributed by atoms with Gasteiger partial charge in [0.05, 0.1) is 5.52 Å². The van der Waals surface area contributed by atoms with Crippen LogP contribution in [-0.2, 0) is 0 Å². The number of carbonyl (C=O) groups excluding carboxylic acids is 1. The summed E-state index contributed by atoms with van der Waals surface area (Å²) in [6, 6.07) is 6.62. The number of aromatic amines is 1. The summed E-state index contributed by atoms with van der Waals surface area (Å²) in [6.07, 6.45) is 4.03. The number of rotatable bonds is 8. The van der Waals surface area contributed by atoms with Gasteiger partial charge in [0.25, 0.3) is 5.91 Å². The van der Waals surface area contributed by atoms with E-state index in [4.69, 9.17) is 4.42 Å². The average Bonchev–Trinajstić information content (AvgIpc) is 3.15. The third kappa shape index (κ3) is 5.15. The molecule has 1 aromatic carbocycles. The summed E-state index contributed by atoms with van der Waals surface area (Å²) in [7, 11) is 0. The van der Waals surface area contributed by atoms with E-state index >= 15 is 0 Å². The van der Waals surface area contributed by atoms with Gasteiger partial charge in [-0.1, -0.05) is 0 Å². The maximum atomic E-state index is 12.3. The lowest BCUT2D eigenvalue weighted by Gasteiger charge is -2.22. The zero-order chi connectivity index (χ0) is 20.8. The Morgan fingerprint density at radius 3 is 2.90 bits per heavy atom. The second-order valence-electron chi connectivity index (χ2n) is 7.25. The van der Waals surface area contributed by atoms with Crippen LogP contribution in [0.4, 0.5) is 11.8 Å². The van der Waals surface area contributed by atoms with Crippen molar-refractivity contribution in [2.24, 2.45) is 5.92 Å². The van der Waals surface area contributed by atoms with Crippen LogP contribution in [-0.4, -0.2) is 53.6 Å². The summed E-state index contributed by atoms with van der Waals surface area (Å²) in [5, 5.41) is 12.7. The summed E-state index contributed by atoms with van der Waals surface area (Å²) in [5.41, 5.74) is 1.35. The highest BCUT2D eigenvalue weighted by Gasteiger charge is 2.13. The zero-order valence-corrected chi connectivity index (χ0v) is 16.5. The third-order valence-electron chi connectivity index (χ3n) is 5.06. The molecule has 30 heavy (non-hydrogen) atoms.